The van der Waals surface area contributed by atoms with Gasteiger partial charge in [0, 0.05) is 30.1 Å². The molecule has 4 rings (SSSR count). The lowest BCUT2D eigenvalue weighted by atomic mass is 9.86. The Labute approximate surface area is 317 Å². The van der Waals surface area contributed by atoms with Crippen molar-refractivity contribution in [3.05, 3.63) is 119 Å². The first kappa shape index (κ1) is 41.7. The van der Waals surface area contributed by atoms with Gasteiger partial charge >= 0.3 is 0 Å². The van der Waals surface area contributed by atoms with Crippen LogP contribution in [0.15, 0.2) is 91.0 Å². The molecule has 0 saturated heterocycles. The Morgan fingerprint density at radius 2 is 1.43 bits per heavy atom. The molecule has 0 aromatic heterocycles. The summed E-state index contributed by atoms with van der Waals surface area (Å²) < 4.78 is 31.4. The molecule has 10 heteroatoms. The van der Waals surface area contributed by atoms with Crippen molar-refractivity contribution in [2.75, 3.05) is 37.2 Å². The average Bonchev–Trinajstić information content (AvgIpc) is 3.11. The van der Waals surface area contributed by atoms with E-state index in [0.717, 1.165) is 68.2 Å². The number of sulfonamides is 1. The Morgan fingerprint density at radius 3 is 2.11 bits per heavy atom. The summed E-state index contributed by atoms with van der Waals surface area (Å²) in [7, 11) is -3.56. The van der Waals surface area contributed by atoms with Crippen molar-refractivity contribution in [1.82, 2.24) is 10.2 Å². The maximum absolute atomic E-state index is 11.5. The van der Waals surface area contributed by atoms with Crippen LogP contribution >= 0.6 is 0 Å². The molecule has 0 saturated carbocycles. The third-order valence-electron chi connectivity index (χ3n) is 9.60. The van der Waals surface area contributed by atoms with E-state index >= 15 is 0 Å². The van der Waals surface area contributed by atoms with E-state index in [1.165, 1.54) is 23.3 Å². The molecule has 0 fully saturated rings. The van der Waals surface area contributed by atoms with Gasteiger partial charge in [0.15, 0.2) is 0 Å². The number of benzene rings is 4. The van der Waals surface area contributed by atoms with Crippen LogP contribution in [-0.4, -0.2) is 73.2 Å². The lowest BCUT2D eigenvalue weighted by Crippen LogP contribution is -2.38. The summed E-state index contributed by atoms with van der Waals surface area (Å²) in [4.78, 5) is 2.52. The number of ether oxygens (including phenoxy) is 1. The fraction of sp³-hybridized carbons (Fsp3) is 0.442. The van der Waals surface area contributed by atoms with Gasteiger partial charge in [-0.3, -0.25) is 9.62 Å². The molecule has 0 radical (unpaired) electrons. The quantitative estimate of drug-likeness (QED) is 0.0408. The monoisotopic (exact) mass is 745 g/mol. The zero-order valence-corrected chi connectivity index (χ0v) is 32.8. The Morgan fingerprint density at radius 1 is 0.755 bits per heavy atom. The molecule has 0 bridgehead atoms. The van der Waals surface area contributed by atoms with Gasteiger partial charge in [-0.2, -0.15) is 0 Å². The van der Waals surface area contributed by atoms with Gasteiger partial charge in [0.05, 0.1) is 24.7 Å². The fourth-order valence-corrected chi connectivity index (χ4v) is 7.36. The highest BCUT2D eigenvalue weighted by Crippen LogP contribution is 2.35. The number of phenolic OH excluding ortho intramolecular Hbond substituents is 2. The molecule has 288 valence electrons. The lowest BCUT2D eigenvalue weighted by Gasteiger charge is -2.32. The van der Waals surface area contributed by atoms with Gasteiger partial charge in [0.2, 0.25) is 10.0 Å². The molecule has 4 aromatic carbocycles. The van der Waals surface area contributed by atoms with E-state index in [-0.39, 0.29) is 23.9 Å². The van der Waals surface area contributed by atoms with E-state index in [4.69, 9.17) is 4.74 Å². The van der Waals surface area contributed by atoms with Crippen molar-refractivity contribution >= 4 is 15.7 Å². The maximum Gasteiger partial charge on any atom is 0.229 e. The van der Waals surface area contributed by atoms with Crippen LogP contribution in [0.5, 0.6) is 17.2 Å². The number of aliphatic hydroxyl groups is 1. The number of hydrogen-bond donors (Lipinski definition) is 5. The third-order valence-corrected chi connectivity index (χ3v) is 10.2. The van der Waals surface area contributed by atoms with E-state index < -0.39 is 16.1 Å². The molecular formula is C43H59N3O6S. The Balaban J connectivity index is 1.18. The van der Waals surface area contributed by atoms with Gasteiger partial charge in [0.25, 0.3) is 0 Å². The third kappa shape index (κ3) is 13.7. The molecule has 2 atom stereocenters. The fourth-order valence-electron chi connectivity index (χ4n) is 6.80. The van der Waals surface area contributed by atoms with Crippen molar-refractivity contribution in [3.8, 4) is 17.2 Å². The summed E-state index contributed by atoms with van der Waals surface area (Å²) in [6.45, 7) is 11.5. The zero-order chi connectivity index (χ0) is 38.4. The van der Waals surface area contributed by atoms with Crippen molar-refractivity contribution in [2.24, 2.45) is 0 Å². The van der Waals surface area contributed by atoms with Crippen LogP contribution in [0.1, 0.15) is 93.2 Å². The molecule has 0 spiro atoms. The highest BCUT2D eigenvalue weighted by molar-refractivity contribution is 7.92. The Bertz CT molecular complexity index is 1790. The summed E-state index contributed by atoms with van der Waals surface area (Å²) in [5.41, 5.74) is 5.17. The number of rotatable bonds is 22. The second kappa shape index (κ2) is 20.4. The van der Waals surface area contributed by atoms with Gasteiger partial charge in [-0.15, -0.1) is 0 Å². The summed E-state index contributed by atoms with van der Waals surface area (Å²) in [5.74, 6) is 1.13. The van der Waals surface area contributed by atoms with Crippen molar-refractivity contribution in [2.45, 2.75) is 90.3 Å². The molecule has 5 N–H and O–H groups in total. The molecule has 0 aliphatic heterocycles. The smallest absolute Gasteiger partial charge is 0.229 e. The summed E-state index contributed by atoms with van der Waals surface area (Å²) in [5, 5.41) is 34.7. The second-order valence-electron chi connectivity index (χ2n) is 14.5. The lowest BCUT2D eigenvalue weighted by molar-refractivity contribution is 0.170. The van der Waals surface area contributed by atoms with Crippen molar-refractivity contribution in [1.29, 1.82) is 0 Å². The molecule has 0 amide bonds. The minimum Gasteiger partial charge on any atom is -0.508 e. The number of nitrogens with zero attached hydrogens (tertiary/aromatic N) is 1. The minimum atomic E-state index is -3.56. The van der Waals surface area contributed by atoms with Gasteiger partial charge in [-0.1, -0.05) is 60.7 Å². The van der Waals surface area contributed by atoms with Gasteiger partial charge in [-0.05, 0) is 132 Å². The van der Waals surface area contributed by atoms with Crippen LogP contribution in [0.2, 0.25) is 0 Å². The van der Waals surface area contributed by atoms with Crippen molar-refractivity contribution in [3.63, 3.8) is 0 Å². The predicted octanol–water partition coefficient (Wildman–Crippen LogP) is 7.77. The van der Waals surface area contributed by atoms with Crippen LogP contribution in [0.4, 0.5) is 5.69 Å². The first-order valence-electron chi connectivity index (χ1n) is 18.8. The topological polar surface area (TPSA) is 131 Å². The Hall–Kier alpha value is -4.09. The van der Waals surface area contributed by atoms with Gasteiger partial charge in [-0.25, -0.2) is 8.42 Å². The Kier molecular flexibility index (Phi) is 16.0. The molecule has 0 aliphatic carbocycles. The van der Waals surface area contributed by atoms with Gasteiger partial charge < -0.3 is 25.4 Å². The molecule has 0 aliphatic rings. The number of hydrogen-bond acceptors (Lipinski definition) is 8. The van der Waals surface area contributed by atoms with E-state index in [2.05, 4.69) is 79.0 Å². The average molecular weight is 746 g/mol. The largest absolute Gasteiger partial charge is 0.508 e. The van der Waals surface area contributed by atoms with E-state index in [0.29, 0.717) is 36.5 Å². The molecule has 53 heavy (non-hydrogen) atoms. The summed E-state index contributed by atoms with van der Waals surface area (Å²) in [6, 6.07) is 30.0. The summed E-state index contributed by atoms with van der Waals surface area (Å²) >= 11 is 0. The SMILES string of the molecule is CC(C)N(CCC(c1ccccc1)c1cc(CCCCCOc2ccc(CCNCC(O)c3ccc(O)c(NS(C)(=O)=O)c3)cc2)ccc1O)C(C)C. The van der Waals surface area contributed by atoms with E-state index in [1.807, 2.05) is 36.4 Å². The number of aromatic hydroxyl groups is 2. The van der Waals surface area contributed by atoms with E-state index in [9.17, 15) is 23.7 Å². The zero-order valence-electron chi connectivity index (χ0n) is 32.0. The molecular weight excluding hydrogens is 687 g/mol. The first-order chi connectivity index (χ1) is 25.3. The van der Waals surface area contributed by atoms with Crippen LogP contribution in [0.25, 0.3) is 0 Å². The number of aliphatic hydroxyl groups excluding tert-OH is 1. The first-order valence-corrected chi connectivity index (χ1v) is 20.7. The van der Waals surface area contributed by atoms with Gasteiger partial charge in [0.1, 0.15) is 17.2 Å². The van der Waals surface area contributed by atoms with Crippen LogP contribution < -0.4 is 14.8 Å². The molecule has 4 aromatic rings. The normalized spacial score (nSPS) is 13.1. The number of phenols is 2. The molecule has 2 unspecified atom stereocenters. The predicted molar refractivity (Wildman–Crippen MR) is 216 cm³/mol. The van der Waals surface area contributed by atoms with E-state index in [1.54, 1.807) is 6.07 Å². The molecule has 0 heterocycles. The number of aryl methyl sites for hydroxylation is 1. The highest BCUT2D eigenvalue weighted by Gasteiger charge is 2.22. The summed E-state index contributed by atoms with van der Waals surface area (Å²) in [6.07, 6.45) is 5.85. The van der Waals surface area contributed by atoms with Crippen molar-refractivity contribution < 1.29 is 28.5 Å². The number of nitrogens with one attached hydrogen (secondary N) is 2. The standard InChI is InChI=1S/C43H59N3O6S/c1-31(2)46(32(3)4)26-24-38(35-13-9-6-10-14-35)39-28-34(17-21-41(39)47)12-8-7-11-27-52-37-19-15-33(16-20-37)23-25-44-30-43(49)36-18-22-42(48)40(29-36)45-53(5,50)51/h6,9-10,13-22,28-29,31-32,38,43-45,47-49H,7-8,11-12,23-27,30H2,1-5H3. The van der Waals surface area contributed by atoms with Crippen LogP contribution in [0.3, 0.4) is 0 Å². The number of anilines is 1. The minimum absolute atomic E-state index is 0.0354. The van der Waals surface area contributed by atoms with Crippen LogP contribution in [0, 0.1) is 0 Å². The van der Waals surface area contributed by atoms with Crippen LogP contribution in [-0.2, 0) is 22.9 Å². The highest BCUT2D eigenvalue weighted by atomic mass is 32.2. The maximum atomic E-state index is 11.5. The molecule has 9 nitrogen and oxygen atoms in total. The number of unbranched alkanes of at least 4 members (excludes halogenated alkanes) is 2. The second-order valence-corrected chi connectivity index (χ2v) is 16.2.